The molecule has 1 fully saturated rings. The molecule has 0 amide bonds. The number of aliphatic hydroxyl groups is 2. The summed E-state index contributed by atoms with van der Waals surface area (Å²) >= 11 is 0. The molecule has 130 valence electrons. The smallest absolute Gasteiger partial charge is 0.332 e. The molecule has 0 saturated heterocycles. The van der Waals surface area contributed by atoms with E-state index in [4.69, 9.17) is 9.94 Å². The monoisotopic (exact) mass is 333 g/mol. The van der Waals surface area contributed by atoms with Crippen molar-refractivity contribution in [2.45, 2.75) is 37.9 Å². The fourth-order valence-electron chi connectivity index (χ4n) is 3.77. The number of carbonyl (C=O) groups is 1. The number of aliphatic carboxylic acids is 1. The Morgan fingerprint density at radius 3 is 2.75 bits per heavy atom. The molecule has 3 rings (SSSR count). The molecular formula is C18H23NO5. The summed E-state index contributed by atoms with van der Waals surface area (Å²) in [4.78, 5) is 15.3. The Hall–Kier alpha value is -1.89. The van der Waals surface area contributed by atoms with Crippen LogP contribution in [0.15, 0.2) is 41.6 Å². The number of nitrogens with one attached hydrogen (secondary N) is 1. The molecule has 1 aromatic carbocycles. The van der Waals surface area contributed by atoms with E-state index >= 15 is 0 Å². The summed E-state index contributed by atoms with van der Waals surface area (Å²) < 4.78 is 0. The predicted molar refractivity (Wildman–Crippen MR) is 86.6 cm³/mol. The molecule has 6 nitrogen and oxygen atoms in total. The van der Waals surface area contributed by atoms with E-state index in [1.165, 1.54) is 0 Å². The van der Waals surface area contributed by atoms with Gasteiger partial charge in [-0.3, -0.25) is 10.3 Å². The van der Waals surface area contributed by atoms with Gasteiger partial charge in [0.1, 0.15) is 0 Å². The minimum Gasteiger partial charge on any atom is -0.479 e. The van der Waals surface area contributed by atoms with Crippen molar-refractivity contribution in [3.63, 3.8) is 0 Å². The van der Waals surface area contributed by atoms with Gasteiger partial charge in [-0.25, -0.2) is 4.79 Å². The molecule has 2 aliphatic carbocycles. The number of carboxylic acid groups (broad SMARTS) is 1. The lowest BCUT2D eigenvalue weighted by atomic mass is 9.77. The highest BCUT2D eigenvalue weighted by atomic mass is 16.7. The predicted octanol–water partition coefficient (Wildman–Crippen LogP) is 1.76. The molecular weight excluding hydrogens is 310 g/mol. The quantitative estimate of drug-likeness (QED) is 0.541. The molecule has 0 aliphatic heterocycles. The molecule has 0 radical (unpaired) electrons. The number of aliphatic hydroxyl groups excluding tert-OH is 2. The Kier molecular flexibility index (Phi) is 5.18. The van der Waals surface area contributed by atoms with Gasteiger partial charge in [-0.05, 0) is 48.7 Å². The van der Waals surface area contributed by atoms with Crippen LogP contribution < -0.4 is 5.48 Å². The van der Waals surface area contributed by atoms with Crippen LogP contribution in [0.4, 0.5) is 0 Å². The first-order valence-corrected chi connectivity index (χ1v) is 8.29. The van der Waals surface area contributed by atoms with Gasteiger partial charge in [0.15, 0.2) is 6.61 Å². The minimum absolute atomic E-state index is 0.142. The Morgan fingerprint density at radius 1 is 1.29 bits per heavy atom. The lowest BCUT2D eigenvalue weighted by Gasteiger charge is -2.32. The second-order valence-electron chi connectivity index (χ2n) is 6.54. The Balaban J connectivity index is 1.51. The van der Waals surface area contributed by atoms with Gasteiger partial charge in [-0.1, -0.05) is 30.3 Å². The zero-order valence-corrected chi connectivity index (χ0v) is 13.4. The summed E-state index contributed by atoms with van der Waals surface area (Å²) in [5.74, 6) is -0.578. The molecule has 2 aliphatic rings. The normalized spacial score (nSPS) is 26.7. The van der Waals surface area contributed by atoms with Crippen LogP contribution >= 0.6 is 0 Å². The van der Waals surface area contributed by atoms with E-state index in [2.05, 4.69) is 5.48 Å². The second-order valence-corrected chi connectivity index (χ2v) is 6.54. The number of hydrogen-bond acceptors (Lipinski definition) is 5. The van der Waals surface area contributed by atoms with Crippen LogP contribution in [-0.2, 0) is 9.63 Å². The Bertz CT molecular complexity index is 615. The van der Waals surface area contributed by atoms with Crippen LogP contribution in [0.2, 0.25) is 0 Å². The van der Waals surface area contributed by atoms with E-state index in [-0.39, 0.29) is 5.92 Å². The summed E-state index contributed by atoms with van der Waals surface area (Å²) in [6.07, 6.45) is 1.81. The topological polar surface area (TPSA) is 99.0 Å². The molecule has 0 heterocycles. The molecule has 1 saturated carbocycles. The largest absolute Gasteiger partial charge is 0.479 e. The first-order chi connectivity index (χ1) is 11.6. The van der Waals surface area contributed by atoms with Gasteiger partial charge in [0.05, 0.1) is 12.2 Å². The fourth-order valence-corrected chi connectivity index (χ4v) is 3.77. The first kappa shape index (κ1) is 17.0. The maximum Gasteiger partial charge on any atom is 0.332 e. The maximum absolute atomic E-state index is 10.4. The van der Waals surface area contributed by atoms with Crippen molar-refractivity contribution in [2.75, 3.05) is 6.61 Å². The van der Waals surface area contributed by atoms with E-state index in [1.54, 1.807) is 0 Å². The van der Waals surface area contributed by atoms with Crippen molar-refractivity contribution < 1.29 is 25.0 Å². The zero-order chi connectivity index (χ0) is 17.1. The van der Waals surface area contributed by atoms with E-state index in [9.17, 15) is 15.0 Å². The molecule has 0 spiro atoms. The summed E-state index contributed by atoms with van der Waals surface area (Å²) in [6.45, 7) is -0.392. The van der Waals surface area contributed by atoms with Crippen molar-refractivity contribution in [3.8, 4) is 0 Å². The SMILES string of the molecule is O=C(O)CONC1=C2CC(O)C(CCC(O)c3ccccc3)C2C1. The van der Waals surface area contributed by atoms with E-state index in [0.717, 1.165) is 29.7 Å². The van der Waals surface area contributed by atoms with Gasteiger partial charge in [0.25, 0.3) is 0 Å². The van der Waals surface area contributed by atoms with Crippen molar-refractivity contribution in [3.05, 3.63) is 47.2 Å². The lowest BCUT2D eigenvalue weighted by Crippen LogP contribution is -2.31. The standard InChI is InChI=1S/C18H23NO5/c20-16(11-4-2-1-3-5-11)7-6-12-13-8-15(14(13)9-17(12)21)19-24-10-18(22)23/h1-5,12-13,16-17,19-21H,6-10H2,(H,22,23). The van der Waals surface area contributed by atoms with E-state index in [1.807, 2.05) is 30.3 Å². The Morgan fingerprint density at radius 2 is 2.04 bits per heavy atom. The number of fused-ring (bicyclic) bond motifs is 1. The van der Waals surface area contributed by atoms with Gasteiger partial charge in [0, 0.05) is 5.70 Å². The molecule has 0 bridgehead atoms. The highest BCUT2D eigenvalue weighted by molar-refractivity contribution is 5.67. The van der Waals surface area contributed by atoms with Crippen LogP contribution in [0.1, 0.15) is 37.4 Å². The maximum atomic E-state index is 10.4. The highest BCUT2D eigenvalue weighted by Gasteiger charge is 2.45. The number of benzene rings is 1. The number of hydroxylamine groups is 1. The third-order valence-electron chi connectivity index (χ3n) is 5.05. The summed E-state index contributed by atoms with van der Waals surface area (Å²) in [5, 5.41) is 29.1. The molecule has 0 aromatic heterocycles. The average Bonchev–Trinajstić information content (AvgIpc) is 2.81. The number of rotatable bonds is 8. The zero-order valence-electron chi connectivity index (χ0n) is 13.4. The number of hydrogen-bond donors (Lipinski definition) is 4. The van der Waals surface area contributed by atoms with Crippen LogP contribution in [-0.4, -0.2) is 34.0 Å². The molecule has 4 N–H and O–H groups in total. The van der Waals surface area contributed by atoms with Gasteiger partial charge < -0.3 is 15.3 Å². The third-order valence-corrected chi connectivity index (χ3v) is 5.05. The van der Waals surface area contributed by atoms with Crippen molar-refractivity contribution >= 4 is 5.97 Å². The highest BCUT2D eigenvalue weighted by Crippen LogP contribution is 2.51. The second kappa shape index (κ2) is 7.34. The third kappa shape index (κ3) is 3.61. The Labute approximate surface area is 140 Å². The summed E-state index contributed by atoms with van der Waals surface area (Å²) in [5.41, 5.74) is 5.62. The summed E-state index contributed by atoms with van der Waals surface area (Å²) in [7, 11) is 0. The lowest BCUT2D eigenvalue weighted by molar-refractivity contribution is -0.144. The molecule has 6 heteroatoms. The van der Waals surface area contributed by atoms with Gasteiger partial charge in [-0.15, -0.1) is 0 Å². The molecule has 4 atom stereocenters. The van der Waals surface area contributed by atoms with Gasteiger partial charge >= 0.3 is 5.97 Å². The average molecular weight is 333 g/mol. The summed E-state index contributed by atoms with van der Waals surface area (Å²) in [6, 6.07) is 9.55. The first-order valence-electron chi connectivity index (χ1n) is 8.29. The van der Waals surface area contributed by atoms with Crippen LogP contribution in [0.5, 0.6) is 0 Å². The minimum atomic E-state index is -1.02. The number of carboxylic acids is 1. The van der Waals surface area contributed by atoms with E-state index in [0.29, 0.717) is 18.8 Å². The molecule has 4 unspecified atom stereocenters. The van der Waals surface area contributed by atoms with Crippen LogP contribution in [0.3, 0.4) is 0 Å². The fraction of sp³-hybridized carbons (Fsp3) is 0.500. The van der Waals surface area contributed by atoms with E-state index < -0.39 is 24.8 Å². The van der Waals surface area contributed by atoms with Crippen molar-refractivity contribution in [2.24, 2.45) is 11.8 Å². The van der Waals surface area contributed by atoms with Gasteiger partial charge in [0.2, 0.25) is 0 Å². The van der Waals surface area contributed by atoms with Crippen molar-refractivity contribution in [1.29, 1.82) is 0 Å². The molecule has 24 heavy (non-hydrogen) atoms. The van der Waals surface area contributed by atoms with Crippen LogP contribution in [0, 0.1) is 11.8 Å². The van der Waals surface area contributed by atoms with Gasteiger partial charge in [-0.2, -0.15) is 0 Å². The van der Waals surface area contributed by atoms with Crippen molar-refractivity contribution in [1.82, 2.24) is 5.48 Å². The molecule has 1 aromatic rings. The number of allylic oxidation sites excluding steroid dienone is 1. The van der Waals surface area contributed by atoms with Crippen LogP contribution in [0.25, 0.3) is 0 Å².